The molecule has 8 heteroatoms. The number of hydrogen-bond donors (Lipinski definition) is 1. The molecule has 0 unspecified atom stereocenters. The van der Waals surface area contributed by atoms with E-state index in [1.807, 2.05) is 25.1 Å². The second-order valence-corrected chi connectivity index (χ2v) is 6.73. The molecular weight excluding hydrogens is 356 g/mol. The highest BCUT2D eigenvalue weighted by Crippen LogP contribution is 2.40. The SMILES string of the molecule is CC(=O)Oc1ccc(/C=C2/Sc3cc(C)ccc3NC2=O)cc1[N+](=O)[O-]. The Morgan fingerprint density at radius 3 is 2.73 bits per heavy atom. The van der Waals surface area contributed by atoms with Crippen molar-refractivity contribution < 1.29 is 19.2 Å². The number of nitrogens with one attached hydrogen (secondary N) is 1. The van der Waals surface area contributed by atoms with Gasteiger partial charge in [0, 0.05) is 17.9 Å². The summed E-state index contributed by atoms with van der Waals surface area (Å²) in [6.07, 6.45) is 1.57. The Kier molecular flexibility index (Phi) is 4.77. The number of esters is 1. The first-order valence-electron chi connectivity index (χ1n) is 7.62. The molecule has 0 atom stereocenters. The van der Waals surface area contributed by atoms with E-state index in [9.17, 15) is 19.7 Å². The Labute approximate surface area is 153 Å². The Morgan fingerprint density at radius 1 is 1.27 bits per heavy atom. The molecule has 0 saturated heterocycles. The quantitative estimate of drug-likeness (QED) is 0.289. The van der Waals surface area contributed by atoms with E-state index in [0.29, 0.717) is 10.5 Å². The monoisotopic (exact) mass is 370 g/mol. The molecule has 7 nitrogen and oxygen atoms in total. The molecule has 0 spiro atoms. The summed E-state index contributed by atoms with van der Waals surface area (Å²) in [5.74, 6) is -1.06. The van der Waals surface area contributed by atoms with Crippen LogP contribution in [0.3, 0.4) is 0 Å². The lowest BCUT2D eigenvalue weighted by Crippen LogP contribution is -2.17. The van der Waals surface area contributed by atoms with Crippen molar-refractivity contribution >= 4 is 41.1 Å². The van der Waals surface area contributed by atoms with Gasteiger partial charge in [0.25, 0.3) is 5.91 Å². The van der Waals surface area contributed by atoms with Gasteiger partial charge in [-0.1, -0.05) is 23.9 Å². The van der Waals surface area contributed by atoms with Gasteiger partial charge in [0.1, 0.15) is 0 Å². The van der Waals surface area contributed by atoms with Crippen LogP contribution in [0.4, 0.5) is 11.4 Å². The average molecular weight is 370 g/mol. The molecule has 0 aromatic heterocycles. The first-order valence-corrected chi connectivity index (χ1v) is 8.43. The van der Waals surface area contributed by atoms with E-state index in [4.69, 9.17) is 4.74 Å². The van der Waals surface area contributed by atoms with Crippen LogP contribution in [-0.4, -0.2) is 16.8 Å². The molecule has 1 N–H and O–H groups in total. The highest BCUT2D eigenvalue weighted by molar-refractivity contribution is 8.04. The summed E-state index contributed by atoms with van der Waals surface area (Å²) in [6, 6.07) is 9.87. The fourth-order valence-electron chi connectivity index (χ4n) is 2.42. The van der Waals surface area contributed by atoms with Crippen LogP contribution in [0.5, 0.6) is 5.75 Å². The first-order chi connectivity index (χ1) is 12.3. The molecule has 2 aromatic rings. The standard InChI is InChI=1S/C18H14N2O5S/c1-10-3-5-13-16(7-10)26-17(18(22)19-13)9-12-4-6-15(25-11(2)21)14(8-12)20(23)24/h3-9H,1-2H3,(H,19,22)/b17-9+. The third-order valence-electron chi connectivity index (χ3n) is 3.56. The minimum Gasteiger partial charge on any atom is -0.419 e. The summed E-state index contributed by atoms with van der Waals surface area (Å²) in [5, 5.41) is 14.0. The number of benzene rings is 2. The number of nitrogens with zero attached hydrogens (tertiary/aromatic N) is 1. The second kappa shape index (κ2) is 7.01. The third kappa shape index (κ3) is 3.75. The number of fused-ring (bicyclic) bond motifs is 1. The average Bonchev–Trinajstić information content (AvgIpc) is 2.56. The van der Waals surface area contributed by atoms with Crippen molar-refractivity contribution in [3.63, 3.8) is 0 Å². The molecular formula is C18H14N2O5S. The van der Waals surface area contributed by atoms with E-state index in [0.717, 1.165) is 16.1 Å². The second-order valence-electron chi connectivity index (χ2n) is 5.64. The molecule has 0 aliphatic carbocycles. The summed E-state index contributed by atoms with van der Waals surface area (Å²) < 4.78 is 4.85. The number of aryl methyl sites for hydroxylation is 1. The number of anilines is 1. The van der Waals surface area contributed by atoms with Crippen molar-refractivity contribution in [1.29, 1.82) is 0 Å². The number of carbonyl (C=O) groups is 2. The molecule has 132 valence electrons. The van der Waals surface area contributed by atoms with Crippen molar-refractivity contribution in [3.05, 3.63) is 62.5 Å². The number of thioether (sulfide) groups is 1. The molecule has 1 heterocycles. The number of carbonyl (C=O) groups excluding carboxylic acids is 2. The maximum Gasteiger partial charge on any atom is 0.312 e. The predicted molar refractivity (Wildman–Crippen MR) is 98.0 cm³/mol. The third-order valence-corrected chi connectivity index (χ3v) is 4.64. The largest absolute Gasteiger partial charge is 0.419 e. The van der Waals surface area contributed by atoms with Crippen molar-refractivity contribution in [1.82, 2.24) is 0 Å². The Balaban J connectivity index is 1.96. The van der Waals surface area contributed by atoms with Crippen LogP contribution in [-0.2, 0) is 9.59 Å². The maximum atomic E-state index is 12.3. The van der Waals surface area contributed by atoms with Crippen molar-refractivity contribution in [3.8, 4) is 5.75 Å². The van der Waals surface area contributed by atoms with Gasteiger partial charge in [-0.25, -0.2) is 0 Å². The molecule has 1 aliphatic heterocycles. The highest BCUT2D eigenvalue weighted by atomic mass is 32.2. The molecule has 2 aromatic carbocycles. The van der Waals surface area contributed by atoms with Crippen LogP contribution in [0, 0.1) is 17.0 Å². The molecule has 26 heavy (non-hydrogen) atoms. The van der Waals surface area contributed by atoms with Gasteiger partial charge in [0.05, 0.1) is 15.5 Å². The number of hydrogen-bond acceptors (Lipinski definition) is 6. The van der Waals surface area contributed by atoms with Gasteiger partial charge in [-0.2, -0.15) is 0 Å². The van der Waals surface area contributed by atoms with Crippen LogP contribution in [0.25, 0.3) is 6.08 Å². The minimum atomic E-state index is -0.645. The smallest absolute Gasteiger partial charge is 0.312 e. The summed E-state index contributed by atoms with van der Waals surface area (Å²) in [5.41, 5.74) is 1.92. The van der Waals surface area contributed by atoms with E-state index in [1.165, 1.54) is 30.8 Å². The Morgan fingerprint density at radius 2 is 2.04 bits per heavy atom. The van der Waals surface area contributed by atoms with Crippen LogP contribution < -0.4 is 10.1 Å². The van der Waals surface area contributed by atoms with Gasteiger partial charge in [-0.15, -0.1) is 0 Å². The van der Waals surface area contributed by atoms with Gasteiger partial charge in [-0.3, -0.25) is 19.7 Å². The van der Waals surface area contributed by atoms with E-state index in [2.05, 4.69) is 5.32 Å². The lowest BCUT2D eigenvalue weighted by Gasteiger charge is -2.19. The summed E-state index contributed by atoms with van der Waals surface area (Å²) >= 11 is 1.30. The zero-order valence-corrected chi connectivity index (χ0v) is 14.8. The van der Waals surface area contributed by atoms with Crippen LogP contribution >= 0.6 is 11.8 Å². The summed E-state index contributed by atoms with van der Waals surface area (Å²) in [4.78, 5) is 35.2. The van der Waals surface area contributed by atoms with Gasteiger partial charge >= 0.3 is 11.7 Å². The van der Waals surface area contributed by atoms with Gasteiger partial charge in [0.2, 0.25) is 5.75 Å². The molecule has 0 saturated carbocycles. The van der Waals surface area contributed by atoms with Crippen molar-refractivity contribution in [2.24, 2.45) is 0 Å². The summed E-state index contributed by atoms with van der Waals surface area (Å²) in [6.45, 7) is 3.12. The van der Waals surface area contributed by atoms with Crippen LogP contribution in [0.15, 0.2) is 46.2 Å². The predicted octanol–water partition coefficient (Wildman–Crippen LogP) is 3.91. The van der Waals surface area contributed by atoms with Crippen LogP contribution in [0.2, 0.25) is 0 Å². The number of nitro groups is 1. The molecule has 0 radical (unpaired) electrons. The van der Waals surface area contributed by atoms with E-state index >= 15 is 0 Å². The molecule has 0 fully saturated rings. The number of amides is 1. The van der Waals surface area contributed by atoms with Gasteiger partial charge < -0.3 is 10.1 Å². The fourth-order valence-corrected chi connectivity index (χ4v) is 3.47. The fraction of sp³-hybridized carbons (Fsp3) is 0.111. The normalized spacial score (nSPS) is 14.5. The lowest BCUT2D eigenvalue weighted by molar-refractivity contribution is -0.385. The van der Waals surface area contributed by atoms with E-state index in [1.54, 1.807) is 12.1 Å². The maximum absolute atomic E-state index is 12.3. The zero-order valence-electron chi connectivity index (χ0n) is 13.9. The van der Waals surface area contributed by atoms with Crippen molar-refractivity contribution in [2.75, 3.05) is 5.32 Å². The molecule has 1 aliphatic rings. The number of rotatable bonds is 3. The van der Waals surface area contributed by atoms with Crippen LogP contribution in [0.1, 0.15) is 18.1 Å². The van der Waals surface area contributed by atoms with Crippen molar-refractivity contribution in [2.45, 2.75) is 18.7 Å². The minimum absolute atomic E-state index is 0.133. The van der Waals surface area contributed by atoms with Gasteiger partial charge in [0.15, 0.2) is 0 Å². The lowest BCUT2D eigenvalue weighted by atomic mass is 10.1. The van der Waals surface area contributed by atoms with Gasteiger partial charge in [-0.05, 0) is 42.3 Å². The first kappa shape index (κ1) is 17.7. The molecule has 1 amide bonds. The van der Waals surface area contributed by atoms with E-state index in [-0.39, 0.29) is 17.3 Å². The summed E-state index contributed by atoms with van der Waals surface area (Å²) in [7, 11) is 0. The molecule has 3 rings (SSSR count). The molecule has 0 bridgehead atoms. The Hall–Kier alpha value is -3.13. The number of nitro benzene ring substituents is 1. The Bertz CT molecular complexity index is 968. The highest BCUT2D eigenvalue weighted by Gasteiger charge is 2.22. The van der Waals surface area contributed by atoms with E-state index < -0.39 is 10.9 Å². The number of ether oxygens (including phenoxy) is 1. The zero-order chi connectivity index (χ0) is 18.8. The topological polar surface area (TPSA) is 98.5 Å².